The third-order valence-corrected chi connectivity index (χ3v) is 3.47. The lowest BCUT2D eigenvalue weighted by molar-refractivity contribution is -1.05. The molecule has 0 bridgehead atoms. The fraction of sp³-hybridized carbons (Fsp3) is 0.368. The molecule has 0 saturated carbocycles. The van der Waals surface area contributed by atoms with Crippen molar-refractivity contribution in [1.29, 1.82) is 0 Å². The smallest absolute Gasteiger partial charge is 0.321 e. The Hall–Kier alpha value is -2.44. The molecule has 0 spiro atoms. The Balaban J connectivity index is 0.000000461. The summed E-state index contributed by atoms with van der Waals surface area (Å²) in [6.07, 6.45) is 5.60. The molecule has 2 N–H and O–H groups in total. The summed E-state index contributed by atoms with van der Waals surface area (Å²) in [4.78, 5) is 15.0. The van der Waals surface area contributed by atoms with Crippen LogP contribution in [0.15, 0.2) is 48.3 Å². The first-order chi connectivity index (χ1) is 12.0. The quantitative estimate of drug-likeness (QED) is 0.636. The van der Waals surface area contributed by atoms with E-state index in [0.29, 0.717) is 5.69 Å². The monoisotopic (exact) mass is 348 g/mol. The second-order valence-electron chi connectivity index (χ2n) is 5.30. The van der Waals surface area contributed by atoms with Crippen LogP contribution >= 0.6 is 0 Å². The Kier molecular flexibility index (Phi) is 8.04. The molecule has 2 unspecified atom stereocenters. The molecule has 1 aliphatic heterocycles. The van der Waals surface area contributed by atoms with Crippen molar-refractivity contribution in [2.24, 2.45) is 0 Å². The zero-order valence-corrected chi connectivity index (χ0v) is 15.7. The number of allylic oxidation sites excluding steroid dienone is 2. The molecule has 25 heavy (non-hydrogen) atoms. The number of nitrogens with zero attached hydrogens (tertiary/aromatic N) is 1. The highest BCUT2D eigenvalue weighted by Crippen LogP contribution is 2.26. The molecular weight excluding hydrogens is 320 g/mol. The zero-order valence-electron chi connectivity index (χ0n) is 15.7. The number of ether oxygens (including phenoxy) is 1. The van der Waals surface area contributed by atoms with Gasteiger partial charge >= 0.3 is 11.4 Å². The summed E-state index contributed by atoms with van der Waals surface area (Å²) in [5.41, 5.74) is 2.32. The lowest BCUT2D eigenvalue weighted by atomic mass is 10.0. The number of fused-ring (bicyclic) bond motifs is 2. The van der Waals surface area contributed by atoms with Crippen LogP contribution in [0.5, 0.6) is 0 Å². The second-order valence-corrected chi connectivity index (χ2v) is 5.30. The number of carbonyl (C=O) groups is 1. The number of hydroxylamine groups is 1. The van der Waals surface area contributed by atoms with E-state index in [1.165, 1.54) is 18.6 Å². The zero-order chi connectivity index (χ0) is 19.0. The van der Waals surface area contributed by atoms with Gasteiger partial charge in [-0.15, -0.1) is 5.06 Å². The van der Waals surface area contributed by atoms with Gasteiger partial charge in [0.2, 0.25) is 5.69 Å². The first-order valence-electron chi connectivity index (χ1n) is 8.26. The van der Waals surface area contributed by atoms with E-state index in [1.807, 2.05) is 56.3 Å². The number of carbonyl (C=O) groups excluding carboxylic acids is 1. The van der Waals surface area contributed by atoms with Gasteiger partial charge in [-0.25, -0.2) is 4.84 Å². The average Bonchev–Trinajstić information content (AvgIpc) is 2.63. The van der Waals surface area contributed by atoms with Crippen LogP contribution in [0.25, 0.3) is 0 Å². The van der Waals surface area contributed by atoms with Gasteiger partial charge in [-0.2, -0.15) is 0 Å². The molecule has 1 heterocycles. The summed E-state index contributed by atoms with van der Waals surface area (Å²) in [5, 5.41) is 11.2. The molecule has 2 aliphatic rings. The largest absolute Gasteiger partial charge is 0.494 e. The summed E-state index contributed by atoms with van der Waals surface area (Å²) >= 11 is 0. The topological polar surface area (TPSA) is 63.2 Å². The average molecular weight is 348 g/mol. The van der Waals surface area contributed by atoms with Gasteiger partial charge in [-0.3, -0.25) is 5.21 Å². The Morgan fingerprint density at radius 3 is 2.36 bits per heavy atom. The van der Waals surface area contributed by atoms with Gasteiger partial charge in [0.25, 0.3) is 6.04 Å². The Labute approximate surface area is 149 Å². The molecule has 2 atom stereocenters. The predicted molar refractivity (Wildman–Crippen MR) is 96.5 cm³/mol. The lowest BCUT2D eigenvalue weighted by Crippen LogP contribution is -3.12. The van der Waals surface area contributed by atoms with E-state index >= 15 is 0 Å². The number of Topliss-reactive ketones (excluding diaryl/α,β-unsaturated/α-hetero) is 1. The highest BCUT2D eigenvalue weighted by molar-refractivity contribution is 5.99. The summed E-state index contributed by atoms with van der Waals surface area (Å²) in [5.74, 6) is 0.919. The van der Waals surface area contributed by atoms with E-state index in [-0.39, 0.29) is 11.8 Å². The van der Waals surface area contributed by atoms with Crippen LogP contribution in [-0.2, 0) is 14.4 Å². The third kappa shape index (κ3) is 4.55. The van der Waals surface area contributed by atoms with Crippen LogP contribution in [0.1, 0.15) is 27.7 Å². The molecule has 0 amide bonds. The first-order valence-corrected chi connectivity index (χ1v) is 8.26. The Bertz CT molecular complexity index is 688. The lowest BCUT2D eigenvalue weighted by Gasteiger charge is -2.27. The van der Waals surface area contributed by atoms with Gasteiger partial charge in [0.1, 0.15) is 5.78 Å². The van der Waals surface area contributed by atoms with Crippen molar-refractivity contribution in [1.82, 2.24) is 0 Å². The van der Waals surface area contributed by atoms with Gasteiger partial charge in [-0.1, -0.05) is 32.1 Å². The summed E-state index contributed by atoms with van der Waals surface area (Å²) in [7, 11) is 3.26. The molecule has 1 aromatic carbocycles. The number of benzene rings is 1. The van der Waals surface area contributed by atoms with Gasteiger partial charge < -0.3 is 9.53 Å². The fourth-order valence-corrected chi connectivity index (χ4v) is 2.61. The molecule has 6 heteroatoms. The molecule has 0 saturated heterocycles. The third-order valence-electron chi connectivity index (χ3n) is 3.47. The van der Waals surface area contributed by atoms with Gasteiger partial charge in [0, 0.05) is 22.9 Å². The van der Waals surface area contributed by atoms with E-state index in [0.717, 1.165) is 22.2 Å². The Morgan fingerprint density at radius 2 is 1.80 bits per heavy atom. The number of quaternary nitrogens is 1. The van der Waals surface area contributed by atoms with Crippen molar-refractivity contribution in [2.75, 3.05) is 14.2 Å². The minimum Gasteiger partial charge on any atom is -0.494 e. The van der Waals surface area contributed by atoms with E-state index < -0.39 is 0 Å². The fourth-order valence-electron chi connectivity index (χ4n) is 2.61. The predicted octanol–water partition coefficient (Wildman–Crippen LogP) is 2.34. The maximum Gasteiger partial charge on any atom is 0.321 e. The number of methoxy groups -OCH3 is 1. The molecule has 1 aliphatic carbocycles. The SMILES string of the molecule is CC.CC(C)=O.COC1=CC=CC2=[N+](O)c3ccccc3[NH+](OC)C12. The van der Waals surface area contributed by atoms with E-state index in [1.54, 1.807) is 14.2 Å². The molecule has 0 radical (unpaired) electrons. The molecule has 136 valence electrons. The van der Waals surface area contributed by atoms with E-state index in [4.69, 9.17) is 9.57 Å². The van der Waals surface area contributed by atoms with Crippen molar-refractivity contribution in [3.63, 3.8) is 0 Å². The summed E-state index contributed by atoms with van der Waals surface area (Å²) in [6.45, 7) is 7.06. The standard InChI is InChI=1S/C14H15N2O3.C3H6O.C2H6/c1-18-13-9-5-8-12-14(13)16(19-2)11-7-4-3-6-10(11)15(12)17;1-3(2)4;1-2/h3-9,14,17H,1-2H3;1-2H3;1-2H3/q+1;;/p+1. The summed E-state index contributed by atoms with van der Waals surface area (Å²) in [6, 6.07) is 7.39. The van der Waals surface area contributed by atoms with Crippen molar-refractivity contribution in [3.05, 3.63) is 48.3 Å². The normalized spacial score (nSPS) is 20.0. The van der Waals surface area contributed by atoms with E-state index in [9.17, 15) is 10.0 Å². The van der Waals surface area contributed by atoms with Crippen molar-refractivity contribution < 1.29 is 29.4 Å². The van der Waals surface area contributed by atoms with Crippen LogP contribution in [-0.4, -0.2) is 41.7 Å². The number of nitrogens with one attached hydrogen (secondary N) is 1. The van der Waals surface area contributed by atoms with Crippen LogP contribution in [0, 0.1) is 0 Å². The Morgan fingerprint density at radius 1 is 1.20 bits per heavy atom. The maximum absolute atomic E-state index is 10.4. The van der Waals surface area contributed by atoms with Crippen LogP contribution in [0.3, 0.4) is 0 Å². The van der Waals surface area contributed by atoms with Crippen LogP contribution < -0.4 is 5.06 Å². The number of para-hydroxylation sites is 2. The van der Waals surface area contributed by atoms with Gasteiger partial charge in [0.15, 0.2) is 5.76 Å². The molecule has 6 nitrogen and oxygen atoms in total. The number of hydrogen-bond acceptors (Lipinski definition) is 4. The first kappa shape index (κ1) is 20.6. The molecular formula is C19H28N2O4+2. The number of ketones is 1. The molecule has 3 rings (SSSR count). The number of hydrogen-bond donors (Lipinski definition) is 2. The van der Waals surface area contributed by atoms with Crippen molar-refractivity contribution in [2.45, 2.75) is 33.7 Å². The van der Waals surface area contributed by atoms with Gasteiger partial charge in [0.05, 0.1) is 14.2 Å². The maximum atomic E-state index is 10.4. The van der Waals surface area contributed by atoms with E-state index in [2.05, 4.69) is 0 Å². The van der Waals surface area contributed by atoms with Crippen LogP contribution in [0.4, 0.5) is 11.4 Å². The highest BCUT2D eigenvalue weighted by atomic mass is 16.7. The number of rotatable bonds is 2. The minimum atomic E-state index is -0.208. The van der Waals surface area contributed by atoms with Gasteiger partial charge in [-0.05, 0) is 19.9 Å². The highest BCUT2D eigenvalue weighted by Gasteiger charge is 2.49. The van der Waals surface area contributed by atoms with Crippen molar-refractivity contribution >= 4 is 22.9 Å². The van der Waals surface area contributed by atoms with Crippen LogP contribution in [0.2, 0.25) is 0 Å². The molecule has 1 aromatic rings. The molecule has 0 fully saturated rings. The summed E-state index contributed by atoms with van der Waals surface area (Å²) < 4.78 is 6.61. The van der Waals surface area contributed by atoms with Crippen molar-refractivity contribution in [3.8, 4) is 0 Å². The minimum absolute atomic E-state index is 0.167. The second kappa shape index (κ2) is 9.76. The molecule has 0 aromatic heterocycles.